The maximum Gasteiger partial charge on any atom is 0.240 e. The highest BCUT2D eigenvalue weighted by atomic mass is 32.2. The van der Waals surface area contributed by atoms with E-state index in [-0.39, 0.29) is 11.8 Å². The Balaban J connectivity index is 1.14. The maximum atomic E-state index is 13.0. The minimum absolute atomic E-state index is 0.0901. The fraction of sp³-hybridized carbons (Fsp3) is 0.500. The number of sulfonamides is 1. The number of carbonyl (C=O) groups is 1. The third kappa shape index (κ3) is 5.85. The van der Waals surface area contributed by atoms with Crippen molar-refractivity contribution < 1.29 is 13.2 Å². The van der Waals surface area contributed by atoms with Crippen LogP contribution in [0.5, 0.6) is 0 Å². The van der Waals surface area contributed by atoms with Crippen molar-refractivity contribution >= 4 is 15.9 Å². The van der Waals surface area contributed by atoms with Crippen LogP contribution >= 0.6 is 0 Å². The first-order valence-electron chi connectivity index (χ1n) is 15.0. The van der Waals surface area contributed by atoms with Gasteiger partial charge in [-0.15, -0.1) is 0 Å². The predicted molar refractivity (Wildman–Crippen MR) is 159 cm³/mol. The quantitative estimate of drug-likeness (QED) is 0.408. The Kier molecular flexibility index (Phi) is 8.03. The molecule has 2 aromatic carbocycles. The molecule has 3 aliphatic rings. The highest BCUT2D eigenvalue weighted by Crippen LogP contribution is 2.43. The Morgan fingerprint density at radius 1 is 1.00 bits per heavy atom. The number of piperidine rings is 1. The summed E-state index contributed by atoms with van der Waals surface area (Å²) in [5.41, 5.74) is 3.57. The molecule has 3 aromatic rings. The number of fused-ring (bicyclic) bond motifs is 3. The third-order valence-corrected chi connectivity index (χ3v) is 10.9. The largest absolute Gasteiger partial charge is 0.337 e. The van der Waals surface area contributed by atoms with Crippen LogP contribution in [0, 0.1) is 6.92 Å². The SMILES string of the molecule is CC(=O)N1CCc2nc(C)n([C@H]3C[C@H]4CC[C@@H](C3)N4CCC(CNS(=O)(=O)c3ccccc3)c3ccccc3)c2C1. The summed E-state index contributed by atoms with van der Waals surface area (Å²) >= 11 is 0. The number of aromatic nitrogens is 2. The van der Waals surface area contributed by atoms with Gasteiger partial charge in [0.15, 0.2) is 0 Å². The minimum atomic E-state index is -3.57. The standard InChI is InChI=1S/C32H41N5O3S/c1-23-34-31-16-17-35(24(2)38)22-32(31)37(23)29-19-27-13-14-28(20-29)36(27)18-15-26(25-9-5-3-6-10-25)21-33-41(39,40)30-11-7-4-8-12-30/h3-12,26-29,33H,13-22H2,1-2H3/t26?,27-,28+,29+. The van der Waals surface area contributed by atoms with Crippen LogP contribution in [0.15, 0.2) is 65.6 Å². The maximum absolute atomic E-state index is 13.0. The van der Waals surface area contributed by atoms with E-state index in [9.17, 15) is 13.2 Å². The molecule has 0 spiro atoms. The van der Waals surface area contributed by atoms with Crippen molar-refractivity contribution in [1.29, 1.82) is 0 Å². The molecular formula is C32H41N5O3S. The molecule has 3 aliphatic heterocycles. The van der Waals surface area contributed by atoms with Crippen LogP contribution in [0.4, 0.5) is 0 Å². The number of hydrogen-bond acceptors (Lipinski definition) is 5. The van der Waals surface area contributed by atoms with E-state index >= 15 is 0 Å². The monoisotopic (exact) mass is 575 g/mol. The van der Waals surface area contributed by atoms with Gasteiger partial charge in [0.25, 0.3) is 0 Å². The summed E-state index contributed by atoms with van der Waals surface area (Å²) in [6, 6.07) is 20.3. The molecule has 1 N–H and O–H groups in total. The summed E-state index contributed by atoms with van der Waals surface area (Å²) in [5, 5.41) is 0. The van der Waals surface area contributed by atoms with Crippen molar-refractivity contribution in [2.45, 2.75) is 87.9 Å². The second-order valence-electron chi connectivity index (χ2n) is 11.9. The zero-order valence-corrected chi connectivity index (χ0v) is 24.9. The van der Waals surface area contributed by atoms with E-state index < -0.39 is 10.0 Å². The molecule has 6 rings (SSSR count). The minimum Gasteiger partial charge on any atom is -0.337 e. The molecule has 0 saturated carbocycles. The van der Waals surface area contributed by atoms with Crippen LogP contribution in [0.25, 0.3) is 0 Å². The van der Waals surface area contributed by atoms with Crippen LogP contribution < -0.4 is 4.72 Å². The number of rotatable bonds is 9. The highest BCUT2D eigenvalue weighted by molar-refractivity contribution is 7.89. The van der Waals surface area contributed by atoms with Crippen molar-refractivity contribution in [2.75, 3.05) is 19.6 Å². The summed E-state index contributed by atoms with van der Waals surface area (Å²) in [5.74, 6) is 1.30. The molecule has 41 heavy (non-hydrogen) atoms. The first-order valence-corrected chi connectivity index (χ1v) is 16.5. The smallest absolute Gasteiger partial charge is 0.240 e. The van der Waals surface area contributed by atoms with Crippen molar-refractivity contribution in [3.05, 3.63) is 83.4 Å². The molecule has 4 heterocycles. The van der Waals surface area contributed by atoms with Crippen molar-refractivity contribution in [1.82, 2.24) is 24.1 Å². The summed E-state index contributed by atoms with van der Waals surface area (Å²) in [4.78, 5) is 22.0. The number of amides is 1. The van der Waals surface area contributed by atoms with E-state index in [1.54, 1.807) is 31.2 Å². The first kappa shape index (κ1) is 28.1. The van der Waals surface area contributed by atoms with Crippen LogP contribution in [0.2, 0.25) is 0 Å². The molecule has 2 bridgehead atoms. The Labute approximate surface area is 243 Å². The number of hydrogen-bond donors (Lipinski definition) is 1. The van der Waals surface area contributed by atoms with Crippen LogP contribution in [-0.4, -0.2) is 65.4 Å². The van der Waals surface area contributed by atoms with Gasteiger partial charge in [0.1, 0.15) is 5.82 Å². The summed E-state index contributed by atoms with van der Waals surface area (Å²) in [6.07, 6.45) is 6.32. The van der Waals surface area contributed by atoms with Gasteiger partial charge < -0.3 is 9.47 Å². The molecule has 2 fully saturated rings. The molecule has 0 radical (unpaired) electrons. The second-order valence-corrected chi connectivity index (χ2v) is 13.7. The highest BCUT2D eigenvalue weighted by Gasteiger charge is 2.42. The van der Waals surface area contributed by atoms with E-state index in [4.69, 9.17) is 4.98 Å². The Morgan fingerprint density at radius 2 is 1.66 bits per heavy atom. The lowest BCUT2D eigenvalue weighted by Gasteiger charge is -2.41. The topological polar surface area (TPSA) is 87.5 Å². The Bertz CT molecular complexity index is 1460. The lowest BCUT2D eigenvalue weighted by atomic mass is 9.92. The molecule has 2 saturated heterocycles. The van der Waals surface area contributed by atoms with Crippen LogP contribution in [0.1, 0.15) is 73.8 Å². The molecule has 1 amide bonds. The number of nitrogens with one attached hydrogen (secondary N) is 1. The van der Waals surface area contributed by atoms with E-state index in [1.807, 2.05) is 29.2 Å². The number of aryl methyl sites for hydroxylation is 1. The number of nitrogens with zero attached hydrogens (tertiary/aromatic N) is 4. The average molecular weight is 576 g/mol. The van der Waals surface area contributed by atoms with Gasteiger partial charge in [0.2, 0.25) is 15.9 Å². The zero-order valence-electron chi connectivity index (χ0n) is 24.1. The van der Waals surface area contributed by atoms with Gasteiger partial charge in [-0.05, 0) is 69.2 Å². The number of carbonyl (C=O) groups excluding carboxylic acids is 1. The van der Waals surface area contributed by atoms with E-state index in [1.165, 1.54) is 29.8 Å². The van der Waals surface area contributed by atoms with E-state index in [0.717, 1.165) is 44.6 Å². The summed E-state index contributed by atoms with van der Waals surface area (Å²) in [6.45, 7) is 6.53. The van der Waals surface area contributed by atoms with Crippen LogP contribution in [-0.2, 0) is 27.8 Å². The molecule has 4 atom stereocenters. The first-order chi connectivity index (χ1) is 19.8. The normalized spacial score (nSPS) is 23.4. The van der Waals surface area contributed by atoms with Gasteiger partial charge in [-0.2, -0.15) is 0 Å². The molecule has 218 valence electrons. The van der Waals surface area contributed by atoms with Gasteiger partial charge in [0, 0.05) is 44.6 Å². The van der Waals surface area contributed by atoms with E-state index in [2.05, 4.69) is 33.2 Å². The van der Waals surface area contributed by atoms with Crippen molar-refractivity contribution in [2.24, 2.45) is 0 Å². The van der Waals surface area contributed by atoms with E-state index in [0.29, 0.717) is 36.1 Å². The van der Waals surface area contributed by atoms with Crippen molar-refractivity contribution in [3.63, 3.8) is 0 Å². The molecule has 1 unspecified atom stereocenters. The Hall–Kier alpha value is -3.01. The van der Waals surface area contributed by atoms with Gasteiger partial charge in [-0.3, -0.25) is 9.69 Å². The molecule has 1 aromatic heterocycles. The fourth-order valence-corrected chi connectivity index (χ4v) is 8.50. The van der Waals surface area contributed by atoms with Gasteiger partial charge >= 0.3 is 0 Å². The summed E-state index contributed by atoms with van der Waals surface area (Å²) in [7, 11) is -3.57. The molecular weight excluding hydrogens is 534 g/mol. The fourth-order valence-electron chi connectivity index (χ4n) is 7.40. The number of imidazole rings is 1. The van der Waals surface area contributed by atoms with Gasteiger partial charge in [-0.25, -0.2) is 18.1 Å². The lowest BCUT2D eigenvalue weighted by Crippen LogP contribution is -2.45. The van der Waals surface area contributed by atoms with Crippen molar-refractivity contribution in [3.8, 4) is 0 Å². The number of benzene rings is 2. The molecule has 0 aliphatic carbocycles. The second kappa shape index (κ2) is 11.7. The van der Waals surface area contributed by atoms with Gasteiger partial charge in [0.05, 0.1) is 22.8 Å². The summed E-state index contributed by atoms with van der Waals surface area (Å²) < 4.78 is 31.3. The predicted octanol–water partition coefficient (Wildman–Crippen LogP) is 4.42. The molecule has 9 heteroatoms. The molecule has 8 nitrogen and oxygen atoms in total. The Morgan fingerprint density at radius 3 is 2.32 bits per heavy atom. The zero-order chi connectivity index (χ0) is 28.6. The third-order valence-electron chi connectivity index (χ3n) is 9.48. The lowest BCUT2D eigenvalue weighted by molar-refractivity contribution is -0.129. The van der Waals surface area contributed by atoms with Crippen LogP contribution in [0.3, 0.4) is 0 Å². The van der Waals surface area contributed by atoms with Gasteiger partial charge in [-0.1, -0.05) is 48.5 Å². The average Bonchev–Trinajstić information content (AvgIpc) is 3.43.